The molecule has 31 heavy (non-hydrogen) atoms. The van der Waals surface area contributed by atoms with Crippen LogP contribution in [0.3, 0.4) is 0 Å². The van der Waals surface area contributed by atoms with Crippen LogP contribution in [0.25, 0.3) is 10.8 Å². The number of rotatable bonds is 5. The molecule has 5 rings (SSSR count). The standard InChI is InChI=1S/C24H20N2O3S2/c1-16-10-12-18(13-11-16)24(20-8-4-14-30-20)25-22(27)15-26-19-7-2-5-17-6-3-9-21(23(17)19)31(26,28)29/h2-14,24H,15H2,1H3,(H,25,27)/t24-/m0/s1. The molecule has 0 saturated heterocycles. The molecule has 1 aliphatic heterocycles. The molecule has 0 aliphatic carbocycles. The van der Waals surface area contributed by atoms with Gasteiger partial charge in [0, 0.05) is 10.3 Å². The lowest BCUT2D eigenvalue weighted by Crippen LogP contribution is -2.40. The van der Waals surface area contributed by atoms with E-state index < -0.39 is 10.0 Å². The first-order valence-corrected chi connectivity index (χ1v) is 12.2. The van der Waals surface area contributed by atoms with Gasteiger partial charge in [-0.15, -0.1) is 11.3 Å². The molecule has 1 atom stereocenters. The lowest BCUT2D eigenvalue weighted by molar-refractivity contribution is -0.120. The van der Waals surface area contributed by atoms with E-state index >= 15 is 0 Å². The number of anilines is 1. The summed E-state index contributed by atoms with van der Waals surface area (Å²) in [4.78, 5) is 14.3. The van der Waals surface area contributed by atoms with Gasteiger partial charge in [-0.25, -0.2) is 8.42 Å². The maximum absolute atomic E-state index is 13.2. The van der Waals surface area contributed by atoms with Gasteiger partial charge in [0.2, 0.25) is 5.91 Å². The minimum absolute atomic E-state index is 0.252. The molecule has 2 heterocycles. The number of nitrogens with zero attached hydrogens (tertiary/aromatic N) is 1. The van der Waals surface area contributed by atoms with Crippen molar-refractivity contribution in [3.63, 3.8) is 0 Å². The van der Waals surface area contributed by atoms with E-state index in [1.165, 1.54) is 4.31 Å². The molecule has 3 aromatic carbocycles. The number of carbonyl (C=O) groups is 1. The summed E-state index contributed by atoms with van der Waals surface area (Å²) in [5.41, 5.74) is 2.64. The summed E-state index contributed by atoms with van der Waals surface area (Å²) in [6.07, 6.45) is 0. The molecule has 0 radical (unpaired) electrons. The van der Waals surface area contributed by atoms with E-state index in [-0.39, 0.29) is 23.4 Å². The molecule has 1 N–H and O–H groups in total. The second-order valence-corrected chi connectivity index (χ2v) is 10.4. The summed E-state index contributed by atoms with van der Waals surface area (Å²) < 4.78 is 27.5. The topological polar surface area (TPSA) is 66.5 Å². The van der Waals surface area contributed by atoms with Crippen molar-refractivity contribution < 1.29 is 13.2 Å². The number of nitrogens with one attached hydrogen (secondary N) is 1. The zero-order valence-corrected chi connectivity index (χ0v) is 18.4. The Bertz CT molecular complexity index is 1370. The van der Waals surface area contributed by atoms with E-state index in [1.54, 1.807) is 29.5 Å². The summed E-state index contributed by atoms with van der Waals surface area (Å²) in [7, 11) is -3.78. The maximum atomic E-state index is 13.2. The molecule has 4 aromatic rings. The number of benzene rings is 3. The predicted octanol–water partition coefficient (Wildman–Crippen LogP) is 4.62. The van der Waals surface area contributed by atoms with Crippen molar-refractivity contribution in [1.29, 1.82) is 0 Å². The van der Waals surface area contributed by atoms with Crippen LogP contribution in [0.15, 0.2) is 83.1 Å². The van der Waals surface area contributed by atoms with Gasteiger partial charge in [0.25, 0.3) is 10.0 Å². The van der Waals surface area contributed by atoms with Gasteiger partial charge in [0.05, 0.1) is 16.6 Å². The summed E-state index contributed by atoms with van der Waals surface area (Å²) in [5.74, 6) is -0.354. The average Bonchev–Trinajstić information content (AvgIpc) is 3.36. The fraction of sp³-hybridized carbons (Fsp3) is 0.125. The van der Waals surface area contributed by atoms with Crippen molar-refractivity contribution >= 4 is 43.7 Å². The fourth-order valence-corrected chi connectivity index (χ4v) is 6.47. The Morgan fingerprint density at radius 3 is 2.45 bits per heavy atom. The molecule has 0 saturated carbocycles. The van der Waals surface area contributed by atoms with Crippen LogP contribution >= 0.6 is 11.3 Å². The van der Waals surface area contributed by atoms with Crippen molar-refractivity contribution in [1.82, 2.24) is 5.32 Å². The second-order valence-electron chi connectivity index (χ2n) is 7.57. The minimum Gasteiger partial charge on any atom is -0.343 e. The summed E-state index contributed by atoms with van der Waals surface area (Å²) in [6.45, 7) is 1.74. The van der Waals surface area contributed by atoms with Crippen LogP contribution in [-0.2, 0) is 14.8 Å². The number of carbonyl (C=O) groups excluding carboxylic acids is 1. The first-order chi connectivity index (χ1) is 14.9. The van der Waals surface area contributed by atoms with E-state index in [0.717, 1.165) is 21.4 Å². The third-order valence-corrected chi connectivity index (χ3v) is 8.25. The van der Waals surface area contributed by atoms with Crippen LogP contribution in [0.4, 0.5) is 5.69 Å². The number of sulfonamides is 1. The van der Waals surface area contributed by atoms with Crippen molar-refractivity contribution in [3.05, 3.63) is 94.2 Å². The average molecular weight is 449 g/mol. The molecule has 0 unspecified atom stereocenters. The molecular weight excluding hydrogens is 428 g/mol. The number of thiophene rings is 1. The molecule has 0 spiro atoms. The van der Waals surface area contributed by atoms with Crippen LogP contribution < -0.4 is 9.62 Å². The van der Waals surface area contributed by atoms with Gasteiger partial charge in [-0.2, -0.15) is 0 Å². The highest BCUT2D eigenvalue weighted by atomic mass is 32.2. The molecule has 0 fully saturated rings. The summed E-state index contributed by atoms with van der Waals surface area (Å²) >= 11 is 1.55. The quantitative estimate of drug-likeness (QED) is 0.484. The molecule has 1 aromatic heterocycles. The van der Waals surface area contributed by atoms with Crippen LogP contribution in [-0.4, -0.2) is 20.9 Å². The van der Waals surface area contributed by atoms with Crippen LogP contribution in [0.5, 0.6) is 0 Å². The molecule has 1 amide bonds. The molecule has 5 nitrogen and oxygen atoms in total. The lowest BCUT2D eigenvalue weighted by Gasteiger charge is -2.22. The molecule has 7 heteroatoms. The van der Waals surface area contributed by atoms with Crippen LogP contribution in [0.2, 0.25) is 0 Å². The van der Waals surface area contributed by atoms with Gasteiger partial charge < -0.3 is 5.32 Å². The SMILES string of the molecule is Cc1ccc([C@H](NC(=O)CN2c3cccc4cccc(c34)S2(=O)=O)c2cccs2)cc1. The van der Waals surface area contributed by atoms with Gasteiger partial charge in [-0.05, 0) is 41.5 Å². The third-order valence-electron chi connectivity index (χ3n) is 5.51. The maximum Gasteiger partial charge on any atom is 0.265 e. The van der Waals surface area contributed by atoms with E-state index in [9.17, 15) is 13.2 Å². The highest BCUT2D eigenvalue weighted by Crippen LogP contribution is 2.41. The zero-order chi connectivity index (χ0) is 21.6. The van der Waals surface area contributed by atoms with Gasteiger partial charge in [0.15, 0.2) is 0 Å². The van der Waals surface area contributed by atoms with Crippen molar-refractivity contribution in [2.75, 3.05) is 10.8 Å². The number of amides is 1. The summed E-state index contributed by atoms with van der Waals surface area (Å²) in [6, 6.07) is 22.2. The molecule has 156 valence electrons. The van der Waals surface area contributed by atoms with Crippen molar-refractivity contribution in [3.8, 4) is 0 Å². The predicted molar refractivity (Wildman–Crippen MR) is 124 cm³/mol. The van der Waals surface area contributed by atoms with Crippen LogP contribution in [0.1, 0.15) is 22.0 Å². The Balaban J connectivity index is 1.46. The van der Waals surface area contributed by atoms with Gasteiger partial charge in [-0.3, -0.25) is 9.10 Å². The van der Waals surface area contributed by atoms with Crippen LogP contribution in [0, 0.1) is 6.92 Å². The largest absolute Gasteiger partial charge is 0.343 e. The molecular formula is C24H20N2O3S2. The van der Waals surface area contributed by atoms with Gasteiger partial charge in [0.1, 0.15) is 6.54 Å². The Hall–Kier alpha value is -3.16. The van der Waals surface area contributed by atoms with E-state index in [2.05, 4.69) is 5.32 Å². The lowest BCUT2D eigenvalue weighted by atomic mass is 10.0. The highest BCUT2D eigenvalue weighted by Gasteiger charge is 2.37. The Kier molecular flexibility index (Phi) is 4.79. The second kappa shape index (κ2) is 7.51. The fourth-order valence-electron chi connectivity index (χ4n) is 4.00. The smallest absolute Gasteiger partial charge is 0.265 e. The Morgan fingerprint density at radius 2 is 1.74 bits per heavy atom. The van der Waals surface area contributed by atoms with E-state index in [1.807, 2.05) is 66.9 Å². The third kappa shape index (κ3) is 3.40. The van der Waals surface area contributed by atoms with E-state index in [4.69, 9.17) is 0 Å². The molecule has 0 bridgehead atoms. The van der Waals surface area contributed by atoms with Crippen molar-refractivity contribution in [2.45, 2.75) is 17.9 Å². The number of hydrogen-bond donors (Lipinski definition) is 1. The van der Waals surface area contributed by atoms with Gasteiger partial charge >= 0.3 is 0 Å². The minimum atomic E-state index is -3.78. The Morgan fingerprint density at radius 1 is 1.00 bits per heavy atom. The van der Waals surface area contributed by atoms with E-state index in [0.29, 0.717) is 11.1 Å². The number of aryl methyl sites for hydroxylation is 1. The zero-order valence-electron chi connectivity index (χ0n) is 16.8. The number of hydrogen-bond acceptors (Lipinski definition) is 4. The van der Waals surface area contributed by atoms with Gasteiger partial charge in [-0.1, -0.05) is 60.2 Å². The first kappa shape index (κ1) is 19.8. The molecule has 1 aliphatic rings. The summed E-state index contributed by atoms with van der Waals surface area (Å²) in [5, 5.41) is 6.52. The van der Waals surface area contributed by atoms with Crippen molar-refractivity contribution in [2.24, 2.45) is 0 Å². The first-order valence-electron chi connectivity index (χ1n) is 9.89. The highest BCUT2D eigenvalue weighted by molar-refractivity contribution is 7.93. The Labute approximate surface area is 185 Å². The monoisotopic (exact) mass is 448 g/mol. The normalized spacial score (nSPS) is 15.2.